The van der Waals surface area contributed by atoms with Crippen LogP contribution in [0, 0.1) is 5.92 Å². The van der Waals surface area contributed by atoms with E-state index in [2.05, 4.69) is 4.98 Å². The number of carboxylic acids is 1. The largest absolute Gasteiger partial charge is 0.490 e. The molecule has 1 atom stereocenters. The van der Waals surface area contributed by atoms with Crippen LogP contribution < -0.4 is 4.74 Å². The summed E-state index contributed by atoms with van der Waals surface area (Å²) in [6.07, 6.45) is 1.64. The van der Waals surface area contributed by atoms with E-state index in [9.17, 15) is 4.79 Å². The SMILES string of the molecule is CC(COc1ccc(Cl)c2cccnc12)C(=O)O. The predicted molar refractivity (Wildman–Crippen MR) is 69.0 cm³/mol. The second kappa shape index (κ2) is 5.23. The summed E-state index contributed by atoms with van der Waals surface area (Å²) in [4.78, 5) is 14.9. The molecule has 4 nitrogen and oxygen atoms in total. The highest BCUT2D eigenvalue weighted by atomic mass is 35.5. The molecule has 0 bridgehead atoms. The third kappa shape index (κ3) is 2.54. The summed E-state index contributed by atoms with van der Waals surface area (Å²) in [5, 5.41) is 10.2. The average molecular weight is 266 g/mol. The normalized spacial score (nSPS) is 12.3. The van der Waals surface area contributed by atoms with E-state index >= 15 is 0 Å². The van der Waals surface area contributed by atoms with Crippen molar-refractivity contribution >= 4 is 28.5 Å². The van der Waals surface area contributed by atoms with Crippen LogP contribution in [0.3, 0.4) is 0 Å². The number of fused-ring (bicyclic) bond motifs is 1. The van der Waals surface area contributed by atoms with Gasteiger partial charge in [0.1, 0.15) is 17.9 Å². The summed E-state index contributed by atoms with van der Waals surface area (Å²) in [5.74, 6) is -0.913. The summed E-state index contributed by atoms with van der Waals surface area (Å²) in [6.45, 7) is 1.69. The van der Waals surface area contributed by atoms with Crippen molar-refractivity contribution in [3.8, 4) is 5.75 Å². The molecule has 2 aromatic rings. The van der Waals surface area contributed by atoms with Gasteiger partial charge in [-0.15, -0.1) is 0 Å². The van der Waals surface area contributed by atoms with Crippen LogP contribution in [0.4, 0.5) is 0 Å². The van der Waals surface area contributed by atoms with Gasteiger partial charge in [0.2, 0.25) is 0 Å². The summed E-state index contributed by atoms with van der Waals surface area (Å²) < 4.78 is 5.50. The highest BCUT2D eigenvalue weighted by molar-refractivity contribution is 6.35. The van der Waals surface area contributed by atoms with E-state index < -0.39 is 11.9 Å². The number of nitrogens with zero attached hydrogens (tertiary/aromatic N) is 1. The number of hydrogen-bond acceptors (Lipinski definition) is 3. The number of ether oxygens (including phenoxy) is 1. The molecule has 0 aliphatic rings. The molecule has 0 amide bonds. The van der Waals surface area contributed by atoms with Crippen molar-refractivity contribution in [2.75, 3.05) is 6.61 Å². The smallest absolute Gasteiger partial charge is 0.309 e. The molecule has 0 aliphatic carbocycles. The van der Waals surface area contributed by atoms with Crippen molar-refractivity contribution < 1.29 is 14.6 Å². The van der Waals surface area contributed by atoms with E-state index in [1.165, 1.54) is 0 Å². The monoisotopic (exact) mass is 265 g/mol. The molecule has 18 heavy (non-hydrogen) atoms. The highest BCUT2D eigenvalue weighted by Crippen LogP contribution is 2.29. The lowest BCUT2D eigenvalue weighted by Crippen LogP contribution is -2.18. The lowest BCUT2D eigenvalue weighted by molar-refractivity contribution is -0.142. The van der Waals surface area contributed by atoms with Crippen LogP contribution in [0.5, 0.6) is 5.75 Å². The van der Waals surface area contributed by atoms with Gasteiger partial charge in [0.05, 0.1) is 10.9 Å². The number of aliphatic carboxylic acids is 1. The fourth-order valence-corrected chi connectivity index (χ4v) is 1.73. The number of carbonyl (C=O) groups is 1. The molecule has 0 spiro atoms. The molecular formula is C13H12ClNO3. The molecule has 2 rings (SSSR count). The minimum absolute atomic E-state index is 0.0998. The first-order chi connectivity index (χ1) is 8.59. The van der Waals surface area contributed by atoms with Crippen LogP contribution in [0.1, 0.15) is 6.92 Å². The van der Waals surface area contributed by atoms with Crippen LogP contribution in [0.2, 0.25) is 5.02 Å². The molecule has 0 fully saturated rings. The van der Waals surface area contributed by atoms with E-state index in [1.807, 2.05) is 6.07 Å². The zero-order valence-electron chi connectivity index (χ0n) is 9.76. The van der Waals surface area contributed by atoms with E-state index in [1.54, 1.807) is 31.3 Å². The van der Waals surface area contributed by atoms with Gasteiger partial charge in [0, 0.05) is 11.6 Å². The predicted octanol–water partition coefficient (Wildman–Crippen LogP) is 2.99. The Morgan fingerprint density at radius 1 is 1.50 bits per heavy atom. The number of aromatic nitrogens is 1. The summed E-state index contributed by atoms with van der Waals surface area (Å²) in [6, 6.07) is 7.05. The van der Waals surface area contributed by atoms with Gasteiger partial charge < -0.3 is 9.84 Å². The third-order valence-corrected chi connectivity index (χ3v) is 2.92. The van der Waals surface area contributed by atoms with Crippen molar-refractivity contribution in [2.45, 2.75) is 6.92 Å². The zero-order chi connectivity index (χ0) is 13.1. The Hall–Kier alpha value is -1.81. The number of pyridine rings is 1. The van der Waals surface area contributed by atoms with Gasteiger partial charge >= 0.3 is 5.97 Å². The second-order valence-corrected chi connectivity index (χ2v) is 4.40. The molecule has 0 radical (unpaired) electrons. The van der Waals surface area contributed by atoms with Crippen LogP contribution in [-0.2, 0) is 4.79 Å². The minimum atomic E-state index is -0.888. The Balaban J connectivity index is 2.29. The molecule has 1 unspecified atom stereocenters. The number of hydrogen-bond donors (Lipinski definition) is 1. The molecule has 0 saturated carbocycles. The summed E-state index contributed by atoms with van der Waals surface area (Å²) >= 11 is 6.05. The van der Waals surface area contributed by atoms with Gasteiger partial charge in [0.15, 0.2) is 0 Å². The lowest BCUT2D eigenvalue weighted by Gasteiger charge is -2.11. The maximum absolute atomic E-state index is 10.7. The fraction of sp³-hybridized carbons (Fsp3) is 0.231. The van der Waals surface area contributed by atoms with Crippen LogP contribution in [0.15, 0.2) is 30.5 Å². The van der Waals surface area contributed by atoms with Crippen molar-refractivity contribution in [3.05, 3.63) is 35.5 Å². The van der Waals surface area contributed by atoms with Crippen LogP contribution >= 0.6 is 11.6 Å². The first-order valence-corrected chi connectivity index (χ1v) is 5.86. The molecule has 0 aliphatic heterocycles. The average Bonchev–Trinajstić information content (AvgIpc) is 2.38. The molecule has 0 saturated heterocycles. The maximum Gasteiger partial charge on any atom is 0.309 e. The number of halogens is 1. The Kier molecular flexibility index (Phi) is 3.67. The summed E-state index contributed by atoms with van der Waals surface area (Å²) in [7, 11) is 0. The second-order valence-electron chi connectivity index (χ2n) is 4.00. The van der Waals surface area contributed by atoms with Gasteiger partial charge in [-0.3, -0.25) is 9.78 Å². The van der Waals surface area contributed by atoms with E-state index in [-0.39, 0.29) is 6.61 Å². The van der Waals surface area contributed by atoms with Gasteiger partial charge in [-0.2, -0.15) is 0 Å². The number of rotatable bonds is 4. The Morgan fingerprint density at radius 3 is 3.00 bits per heavy atom. The molecule has 94 valence electrons. The van der Waals surface area contributed by atoms with E-state index in [4.69, 9.17) is 21.4 Å². The van der Waals surface area contributed by atoms with E-state index in [0.717, 1.165) is 5.39 Å². The van der Waals surface area contributed by atoms with Crippen molar-refractivity contribution in [1.29, 1.82) is 0 Å². The minimum Gasteiger partial charge on any atom is -0.490 e. The Morgan fingerprint density at radius 2 is 2.28 bits per heavy atom. The molecule has 1 aromatic heterocycles. The summed E-state index contributed by atoms with van der Waals surface area (Å²) in [5.41, 5.74) is 0.641. The van der Waals surface area contributed by atoms with Crippen LogP contribution in [0.25, 0.3) is 10.9 Å². The lowest BCUT2D eigenvalue weighted by atomic mass is 10.2. The fourth-order valence-electron chi connectivity index (χ4n) is 1.51. The molecule has 5 heteroatoms. The first-order valence-electron chi connectivity index (χ1n) is 5.48. The van der Waals surface area contributed by atoms with Gasteiger partial charge in [-0.05, 0) is 31.2 Å². The van der Waals surface area contributed by atoms with Crippen LogP contribution in [-0.4, -0.2) is 22.7 Å². The first kappa shape index (κ1) is 12.6. The highest BCUT2D eigenvalue weighted by Gasteiger charge is 2.13. The quantitative estimate of drug-likeness (QED) is 0.923. The Labute approximate surface area is 109 Å². The zero-order valence-corrected chi connectivity index (χ0v) is 10.5. The van der Waals surface area contributed by atoms with Crippen molar-refractivity contribution in [1.82, 2.24) is 4.98 Å². The van der Waals surface area contributed by atoms with Gasteiger partial charge in [-0.1, -0.05) is 11.6 Å². The number of carboxylic acid groups (broad SMARTS) is 1. The van der Waals surface area contributed by atoms with E-state index in [0.29, 0.717) is 16.3 Å². The standard InChI is InChI=1S/C13H12ClNO3/c1-8(13(16)17)7-18-11-5-4-10(14)9-3-2-6-15-12(9)11/h2-6,8H,7H2,1H3,(H,16,17). The molecule has 1 heterocycles. The topological polar surface area (TPSA) is 59.4 Å². The molecule has 1 N–H and O–H groups in total. The van der Waals surface area contributed by atoms with Gasteiger partial charge in [-0.25, -0.2) is 0 Å². The van der Waals surface area contributed by atoms with Crippen molar-refractivity contribution in [3.63, 3.8) is 0 Å². The third-order valence-electron chi connectivity index (χ3n) is 2.59. The number of benzene rings is 1. The van der Waals surface area contributed by atoms with Crippen molar-refractivity contribution in [2.24, 2.45) is 5.92 Å². The van der Waals surface area contributed by atoms with Gasteiger partial charge in [0.25, 0.3) is 0 Å². The molecule has 1 aromatic carbocycles. The maximum atomic E-state index is 10.7. The molecular weight excluding hydrogens is 254 g/mol. The Bertz CT molecular complexity index is 585.